The summed E-state index contributed by atoms with van der Waals surface area (Å²) in [4.78, 5) is 14.7. The highest BCUT2D eigenvalue weighted by atomic mass is 16.7. The number of hydrogen-bond acceptors (Lipinski definition) is 3. The summed E-state index contributed by atoms with van der Waals surface area (Å²) in [7, 11) is 0. The molecule has 0 fully saturated rings. The van der Waals surface area contributed by atoms with Crippen molar-refractivity contribution < 1.29 is 9.63 Å². The first-order valence-corrected chi connectivity index (χ1v) is 5.35. The molecule has 3 nitrogen and oxygen atoms in total. The number of nitrogens with two attached hydrogens (primary N) is 1. The van der Waals surface area contributed by atoms with E-state index in [1.165, 1.54) is 19.3 Å². The Morgan fingerprint density at radius 3 is 2.43 bits per heavy atom. The van der Waals surface area contributed by atoms with Crippen LogP contribution in [-0.4, -0.2) is 5.97 Å². The molecule has 0 saturated heterocycles. The average Bonchev–Trinajstić information content (AvgIpc) is 2.21. The summed E-state index contributed by atoms with van der Waals surface area (Å²) in [5, 5.41) is 0. The van der Waals surface area contributed by atoms with Crippen LogP contribution in [-0.2, 0) is 9.63 Å². The Kier molecular flexibility index (Phi) is 9.64. The van der Waals surface area contributed by atoms with E-state index in [4.69, 9.17) is 5.90 Å². The number of allylic oxidation sites excluding steroid dienone is 2. The standard InChI is InChI=1S/C11H21NO2/c1-2-3-4-5-6-7-8-9-10-11(13)14-12/h6-7H,2-5,8-10,12H2,1H3. The second-order valence-corrected chi connectivity index (χ2v) is 3.35. The molecule has 14 heavy (non-hydrogen) atoms. The van der Waals surface area contributed by atoms with Gasteiger partial charge in [0, 0.05) is 6.42 Å². The summed E-state index contributed by atoms with van der Waals surface area (Å²) in [6, 6.07) is 0. The maximum Gasteiger partial charge on any atom is 0.324 e. The van der Waals surface area contributed by atoms with Gasteiger partial charge in [-0.2, -0.15) is 5.90 Å². The fraction of sp³-hybridized carbons (Fsp3) is 0.727. The Labute approximate surface area is 86.3 Å². The van der Waals surface area contributed by atoms with E-state index in [0.717, 1.165) is 19.3 Å². The van der Waals surface area contributed by atoms with Crippen LogP contribution in [0.4, 0.5) is 0 Å². The number of hydrogen-bond donors (Lipinski definition) is 1. The summed E-state index contributed by atoms with van der Waals surface area (Å²) in [5.41, 5.74) is 0. The van der Waals surface area contributed by atoms with E-state index in [1.807, 2.05) is 0 Å². The Morgan fingerprint density at radius 1 is 1.21 bits per heavy atom. The highest BCUT2D eigenvalue weighted by Crippen LogP contribution is 2.02. The molecule has 0 bridgehead atoms. The van der Waals surface area contributed by atoms with E-state index in [1.54, 1.807) is 0 Å². The third-order valence-electron chi connectivity index (χ3n) is 2.02. The fourth-order valence-electron chi connectivity index (χ4n) is 1.17. The third kappa shape index (κ3) is 9.26. The van der Waals surface area contributed by atoms with Crippen LogP contribution in [0.25, 0.3) is 0 Å². The number of carbonyl (C=O) groups excluding carboxylic acids is 1. The zero-order valence-corrected chi connectivity index (χ0v) is 9.00. The molecule has 0 unspecified atom stereocenters. The minimum Gasteiger partial charge on any atom is -0.373 e. The number of carbonyl (C=O) groups is 1. The lowest BCUT2D eigenvalue weighted by atomic mass is 10.1. The monoisotopic (exact) mass is 199 g/mol. The summed E-state index contributed by atoms with van der Waals surface area (Å²) in [6.07, 6.45) is 11.4. The van der Waals surface area contributed by atoms with Crippen molar-refractivity contribution in [3.05, 3.63) is 12.2 Å². The van der Waals surface area contributed by atoms with Crippen LogP contribution in [0.2, 0.25) is 0 Å². The largest absolute Gasteiger partial charge is 0.373 e. The van der Waals surface area contributed by atoms with E-state index in [-0.39, 0.29) is 5.97 Å². The van der Waals surface area contributed by atoms with Gasteiger partial charge in [-0.1, -0.05) is 31.9 Å². The van der Waals surface area contributed by atoms with Crippen molar-refractivity contribution in [2.45, 2.75) is 51.9 Å². The lowest BCUT2D eigenvalue weighted by Gasteiger charge is -1.95. The summed E-state index contributed by atoms with van der Waals surface area (Å²) < 4.78 is 0. The number of rotatable bonds is 8. The number of unbranched alkanes of at least 4 members (excludes halogenated alkanes) is 4. The van der Waals surface area contributed by atoms with Crippen molar-refractivity contribution >= 4 is 5.97 Å². The third-order valence-corrected chi connectivity index (χ3v) is 2.02. The van der Waals surface area contributed by atoms with Crippen LogP contribution in [0.5, 0.6) is 0 Å². The molecule has 0 atom stereocenters. The van der Waals surface area contributed by atoms with Crippen LogP contribution in [0.3, 0.4) is 0 Å². The zero-order chi connectivity index (χ0) is 10.6. The van der Waals surface area contributed by atoms with Crippen molar-refractivity contribution in [2.24, 2.45) is 5.90 Å². The molecule has 0 aliphatic carbocycles. The second-order valence-electron chi connectivity index (χ2n) is 3.35. The molecule has 82 valence electrons. The highest BCUT2D eigenvalue weighted by Gasteiger charge is 1.97. The van der Waals surface area contributed by atoms with Crippen molar-refractivity contribution in [3.8, 4) is 0 Å². The summed E-state index contributed by atoms with van der Waals surface area (Å²) in [5.74, 6) is 4.37. The van der Waals surface area contributed by atoms with Gasteiger partial charge in [0.1, 0.15) is 0 Å². The second kappa shape index (κ2) is 10.3. The van der Waals surface area contributed by atoms with Gasteiger partial charge < -0.3 is 4.84 Å². The Morgan fingerprint density at radius 2 is 1.86 bits per heavy atom. The van der Waals surface area contributed by atoms with E-state index in [2.05, 4.69) is 23.9 Å². The Bertz CT molecular complexity index is 167. The van der Waals surface area contributed by atoms with E-state index in [9.17, 15) is 4.79 Å². The maximum atomic E-state index is 10.6. The minimum absolute atomic E-state index is 0.329. The molecule has 0 rings (SSSR count). The van der Waals surface area contributed by atoms with Gasteiger partial charge in [0.25, 0.3) is 0 Å². The van der Waals surface area contributed by atoms with Gasteiger partial charge in [-0.15, -0.1) is 0 Å². The van der Waals surface area contributed by atoms with Crippen molar-refractivity contribution in [2.75, 3.05) is 0 Å². The average molecular weight is 199 g/mol. The lowest BCUT2D eigenvalue weighted by molar-refractivity contribution is -0.144. The first-order valence-electron chi connectivity index (χ1n) is 5.35. The van der Waals surface area contributed by atoms with E-state index < -0.39 is 0 Å². The molecule has 3 heteroatoms. The smallest absolute Gasteiger partial charge is 0.324 e. The molecule has 0 heterocycles. The molecule has 0 amide bonds. The zero-order valence-electron chi connectivity index (χ0n) is 9.00. The quantitative estimate of drug-likeness (QED) is 0.371. The van der Waals surface area contributed by atoms with E-state index in [0.29, 0.717) is 6.42 Å². The molecule has 0 spiro atoms. The predicted octanol–water partition coefficient (Wildman–Crippen LogP) is 2.71. The van der Waals surface area contributed by atoms with Crippen molar-refractivity contribution in [3.63, 3.8) is 0 Å². The first-order chi connectivity index (χ1) is 6.81. The Balaban J connectivity index is 3.14. The van der Waals surface area contributed by atoms with Crippen LogP contribution in [0.1, 0.15) is 51.9 Å². The molecular weight excluding hydrogens is 178 g/mol. The fourth-order valence-corrected chi connectivity index (χ4v) is 1.17. The first kappa shape index (κ1) is 13.2. The van der Waals surface area contributed by atoms with Gasteiger partial charge in [0.2, 0.25) is 0 Å². The molecule has 0 aliphatic rings. The van der Waals surface area contributed by atoms with Crippen LogP contribution < -0.4 is 5.90 Å². The van der Waals surface area contributed by atoms with E-state index >= 15 is 0 Å². The Hall–Kier alpha value is -0.830. The topological polar surface area (TPSA) is 52.3 Å². The molecule has 0 saturated carbocycles. The van der Waals surface area contributed by atoms with Gasteiger partial charge in [0.15, 0.2) is 0 Å². The van der Waals surface area contributed by atoms with Crippen LogP contribution in [0.15, 0.2) is 12.2 Å². The molecule has 0 aliphatic heterocycles. The molecule has 0 aromatic rings. The molecule has 2 N–H and O–H groups in total. The van der Waals surface area contributed by atoms with Gasteiger partial charge in [0.05, 0.1) is 0 Å². The van der Waals surface area contributed by atoms with Crippen molar-refractivity contribution in [1.29, 1.82) is 0 Å². The van der Waals surface area contributed by atoms with Gasteiger partial charge in [-0.05, 0) is 25.7 Å². The predicted molar refractivity (Wildman–Crippen MR) is 57.4 cm³/mol. The van der Waals surface area contributed by atoms with Crippen molar-refractivity contribution in [1.82, 2.24) is 0 Å². The molecule has 0 radical (unpaired) electrons. The van der Waals surface area contributed by atoms with Gasteiger partial charge in [-0.3, -0.25) is 4.79 Å². The normalized spacial score (nSPS) is 10.7. The summed E-state index contributed by atoms with van der Waals surface area (Å²) >= 11 is 0. The van der Waals surface area contributed by atoms with Gasteiger partial charge >= 0.3 is 5.97 Å². The summed E-state index contributed by atoms with van der Waals surface area (Å²) in [6.45, 7) is 2.20. The maximum absolute atomic E-state index is 10.6. The highest BCUT2D eigenvalue weighted by molar-refractivity contribution is 5.68. The molecule has 0 aromatic heterocycles. The minimum atomic E-state index is -0.329. The molecular formula is C11H21NO2. The van der Waals surface area contributed by atoms with Gasteiger partial charge in [-0.25, -0.2) is 0 Å². The SMILES string of the molecule is CCCCCC=CCCCC(=O)ON. The molecule has 0 aromatic carbocycles. The van der Waals surface area contributed by atoms with Crippen LogP contribution >= 0.6 is 0 Å². The lowest BCUT2D eigenvalue weighted by Crippen LogP contribution is -2.08. The van der Waals surface area contributed by atoms with Crippen LogP contribution in [0, 0.1) is 0 Å².